The van der Waals surface area contributed by atoms with Gasteiger partial charge in [0.2, 0.25) is 5.91 Å². The second-order valence-electron chi connectivity index (χ2n) is 7.78. The van der Waals surface area contributed by atoms with E-state index in [4.69, 9.17) is 4.74 Å². The van der Waals surface area contributed by atoms with Crippen LogP contribution in [0.5, 0.6) is 0 Å². The molecule has 4 rings (SSSR count). The fraction of sp³-hybridized carbons (Fsp3) is 0.500. The Morgan fingerprint density at radius 3 is 2.66 bits per heavy atom. The van der Waals surface area contributed by atoms with Gasteiger partial charge in [-0.05, 0) is 37.8 Å². The molecular weight excluding hydrogens is 430 g/mol. The van der Waals surface area contributed by atoms with Gasteiger partial charge in [-0.3, -0.25) is 14.3 Å². The first-order valence-corrected chi connectivity index (χ1v) is 11.9. The van der Waals surface area contributed by atoms with Crippen molar-refractivity contribution in [3.63, 3.8) is 0 Å². The van der Waals surface area contributed by atoms with Gasteiger partial charge in [-0.2, -0.15) is 4.98 Å². The van der Waals surface area contributed by atoms with Crippen LogP contribution in [0.3, 0.4) is 0 Å². The molecule has 170 valence electrons. The monoisotopic (exact) mass is 457 g/mol. The Labute approximate surface area is 190 Å². The fourth-order valence-corrected chi connectivity index (χ4v) is 5.10. The molecule has 9 nitrogen and oxygen atoms in total. The van der Waals surface area contributed by atoms with E-state index in [2.05, 4.69) is 9.97 Å². The number of ether oxygens (including phenoxy) is 1. The summed E-state index contributed by atoms with van der Waals surface area (Å²) in [4.78, 5) is 49.1. The summed E-state index contributed by atoms with van der Waals surface area (Å²) in [7, 11) is 0. The molecule has 0 aromatic carbocycles. The molecule has 2 aromatic heterocycles. The first-order chi connectivity index (χ1) is 15.6. The minimum atomic E-state index is -0.333. The van der Waals surface area contributed by atoms with Crippen LogP contribution in [0.1, 0.15) is 30.2 Å². The Morgan fingerprint density at radius 1 is 1.16 bits per heavy atom. The number of carbonyl (C=O) groups excluding carboxylic acids is 2. The molecule has 1 aliphatic heterocycles. The Bertz CT molecular complexity index is 1030. The largest absolute Gasteiger partial charge is 0.450 e. The predicted octanol–water partition coefficient (Wildman–Crippen LogP) is 1.57. The normalized spacial score (nSPS) is 15.5. The first-order valence-electron chi connectivity index (χ1n) is 10.9. The summed E-state index contributed by atoms with van der Waals surface area (Å²) in [6.07, 6.45) is 5.82. The Hall–Kier alpha value is -2.88. The standard InChI is InChI=1S/C22H27N5O4S/c1-2-31-22(30)26-11-9-25(10-12-26)19(28)15-32-20-17-6-3-7-18(17)27(21(29)24-20)14-16-5-4-8-23-13-16/h4-5,8,13H,2-3,6-7,9-12,14-15H2,1H3. The molecule has 2 amide bonds. The lowest BCUT2D eigenvalue weighted by atomic mass is 10.2. The topological polar surface area (TPSA) is 97.6 Å². The van der Waals surface area contributed by atoms with Gasteiger partial charge in [0.05, 0.1) is 18.9 Å². The van der Waals surface area contributed by atoms with E-state index in [-0.39, 0.29) is 23.4 Å². The summed E-state index contributed by atoms with van der Waals surface area (Å²) in [5, 5.41) is 0.670. The zero-order valence-corrected chi connectivity index (χ0v) is 19.0. The molecule has 0 saturated carbocycles. The van der Waals surface area contributed by atoms with E-state index in [9.17, 15) is 14.4 Å². The van der Waals surface area contributed by atoms with E-state index in [1.54, 1.807) is 33.7 Å². The van der Waals surface area contributed by atoms with E-state index >= 15 is 0 Å². The van der Waals surface area contributed by atoms with Gasteiger partial charge in [0.15, 0.2) is 0 Å². The van der Waals surface area contributed by atoms with Crippen LogP contribution in [0.15, 0.2) is 34.3 Å². The molecule has 0 bridgehead atoms. The molecule has 32 heavy (non-hydrogen) atoms. The SMILES string of the molecule is CCOC(=O)N1CCN(C(=O)CSc2nc(=O)n(Cc3cccnc3)c3c2CCC3)CC1. The number of carbonyl (C=O) groups is 2. The maximum atomic E-state index is 12.8. The van der Waals surface area contributed by atoms with Gasteiger partial charge in [-0.25, -0.2) is 9.59 Å². The number of amides is 2. The number of nitrogens with zero attached hydrogens (tertiary/aromatic N) is 5. The van der Waals surface area contributed by atoms with Crippen molar-refractivity contribution in [2.45, 2.75) is 37.8 Å². The molecule has 0 N–H and O–H groups in total. The van der Waals surface area contributed by atoms with Crippen LogP contribution < -0.4 is 5.69 Å². The Balaban J connectivity index is 1.39. The highest BCUT2D eigenvalue weighted by atomic mass is 32.2. The lowest BCUT2D eigenvalue weighted by Gasteiger charge is -2.34. The minimum Gasteiger partial charge on any atom is -0.450 e. The summed E-state index contributed by atoms with van der Waals surface area (Å²) in [5.74, 6) is 0.219. The lowest BCUT2D eigenvalue weighted by molar-refractivity contribution is -0.129. The van der Waals surface area contributed by atoms with E-state index < -0.39 is 0 Å². The molecule has 0 spiro atoms. The first kappa shape index (κ1) is 22.3. The van der Waals surface area contributed by atoms with Crippen LogP contribution in [0.25, 0.3) is 0 Å². The smallest absolute Gasteiger partial charge is 0.409 e. The number of hydrogen-bond acceptors (Lipinski definition) is 7. The van der Waals surface area contributed by atoms with Crippen LogP contribution in [-0.4, -0.2) is 74.9 Å². The molecule has 0 atom stereocenters. The van der Waals surface area contributed by atoms with Crippen LogP contribution in [0, 0.1) is 0 Å². The van der Waals surface area contributed by atoms with E-state index in [1.165, 1.54) is 11.8 Å². The number of piperazine rings is 1. The average Bonchev–Trinajstić information content (AvgIpc) is 3.30. The van der Waals surface area contributed by atoms with Crippen molar-refractivity contribution in [2.24, 2.45) is 0 Å². The van der Waals surface area contributed by atoms with Crippen LogP contribution in [0.2, 0.25) is 0 Å². The van der Waals surface area contributed by atoms with Crippen molar-refractivity contribution in [3.05, 3.63) is 51.8 Å². The molecule has 1 aliphatic carbocycles. The van der Waals surface area contributed by atoms with E-state index in [0.717, 1.165) is 36.1 Å². The summed E-state index contributed by atoms with van der Waals surface area (Å²) >= 11 is 1.34. The molecule has 0 radical (unpaired) electrons. The van der Waals surface area contributed by atoms with Crippen molar-refractivity contribution in [1.82, 2.24) is 24.3 Å². The predicted molar refractivity (Wildman–Crippen MR) is 120 cm³/mol. The average molecular weight is 458 g/mol. The van der Waals surface area contributed by atoms with Crippen molar-refractivity contribution < 1.29 is 14.3 Å². The Morgan fingerprint density at radius 2 is 1.94 bits per heavy atom. The number of pyridine rings is 1. The lowest BCUT2D eigenvalue weighted by Crippen LogP contribution is -2.51. The zero-order chi connectivity index (χ0) is 22.5. The van der Waals surface area contributed by atoms with E-state index in [1.807, 2.05) is 12.1 Å². The molecule has 1 fully saturated rings. The highest BCUT2D eigenvalue weighted by Gasteiger charge is 2.26. The van der Waals surface area contributed by atoms with Crippen LogP contribution >= 0.6 is 11.8 Å². The molecule has 0 unspecified atom stereocenters. The maximum absolute atomic E-state index is 12.8. The second kappa shape index (κ2) is 10.2. The second-order valence-corrected chi connectivity index (χ2v) is 8.75. The number of aromatic nitrogens is 3. The van der Waals surface area contributed by atoms with Gasteiger partial charge < -0.3 is 14.5 Å². The van der Waals surface area contributed by atoms with E-state index in [0.29, 0.717) is 44.4 Å². The number of fused-ring (bicyclic) bond motifs is 1. The van der Waals surface area contributed by atoms with Crippen molar-refractivity contribution in [1.29, 1.82) is 0 Å². The summed E-state index contributed by atoms with van der Waals surface area (Å²) in [6, 6.07) is 3.81. The number of hydrogen-bond donors (Lipinski definition) is 0. The molecule has 1 saturated heterocycles. The highest BCUT2D eigenvalue weighted by Crippen LogP contribution is 2.29. The van der Waals surface area contributed by atoms with Gasteiger partial charge in [-0.1, -0.05) is 17.8 Å². The van der Waals surface area contributed by atoms with Crippen LogP contribution in [0.4, 0.5) is 4.79 Å². The third-order valence-electron chi connectivity index (χ3n) is 5.76. The number of thioether (sulfide) groups is 1. The third-order valence-corrected chi connectivity index (χ3v) is 6.76. The Kier molecular flexibility index (Phi) is 7.09. The van der Waals surface area contributed by atoms with Gasteiger partial charge in [0.25, 0.3) is 0 Å². The summed E-state index contributed by atoms with van der Waals surface area (Å²) in [5.41, 5.74) is 2.78. The quantitative estimate of drug-likeness (QED) is 0.480. The summed E-state index contributed by atoms with van der Waals surface area (Å²) in [6.45, 7) is 4.47. The van der Waals surface area contributed by atoms with Crippen molar-refractivity contribution in [3.8, 4) is 0 Å². The zero-order valence-electron chi connectivity index (χ0n) is 18.2. The highest BCUT2D eigenvalue weighted by molar-refractivity contribution is 7.99. The van der Waals surface area contributed by atoms with Gasteiger partial charge >= 0.3 is 11.8 Å². The maximum Gasteiger partial charge on any atom is 0.409 e. The van der Waals surface area contributed by atoms with Gasteiger partial charge in [0, 0.05) is 49.8 Å². The molecule has 2 aliphatic rings. The summed E-state index contributed by atoms with van der Waals surface area (Å²) < 4.78 is 6.76. The molecule has 2 aromatic rings. The van der Waals surface area contributed by atoms with Gasteiger partial charge in [-0.15, -0.1) is 0 Å². The molecule has 10 heteroatoms. The van der Waals surface area contributed by atoms with Crippen LogP contribution in [-0.2, 0) is 28.9 Å². The third kappa shape index (κ3) is 4.95. The van der Waals surface area contributed by atoms with Gasteiger partial charge in [0.1, 0.15) is 5.03 Å². The molecule has 3 heterocycles. The number of rotatable bonds is 6. The fourth-order valence-electron chi connectivity index (χ4n) is 4.12. The minimum absolute atomic E-state index is 0.00778. The van der Waals surface area contributed by atoms with Crippen molar-refractivity contribution >= 4 is 23.8 Å². The van der Waals surface area contributed by atoms with Crippen molar-refractivity contribution in [2.75, 3.05) is 38.5 Å². The molecular formula is C22H27N5O4S.